The maximum atomic E-state index is 10.1. The Bertz CT molecular complexity index is 152. The lowest BCUT2D eigenvalue weighted by atomic mass is 10.00. The summed E-state index contributed by atoms with van der Waals surface area (Å²) in [4.78, 5) is 10.1. The summed E-state index contributed by atoms with van der Waals surface area (Å²) in [7, 11) is 0. The van der Waals surface area contributed by atoms with Crippen LogP contribution >= 0.6 is 23.4 Å². The van der Waals surface area contributed by atoms with Crippen LogP contribution in [0.5, 0.6) is 0 Å². The van der Waals surface area contributed by atoms with E-state index in [4.69, 9.17) is 11.6 Å². The quantitative estimate of drug-likeness (QED) is 0.402. The van der Waals surface area contributed by atoms with Gasteiger partial charge >= 0.3 is 0 Å². The van der Waals surface area contributed by atoms with E-state index in [0.29, 0.717) is 17.0 Å². The standard InChI is InChI=1S/C10H17ClOS/c11-9-5-1-2-6-10(9)13-8-4-3-7-12/h7,9-10H,1-6,8H2. The maximum absolute atomic E-state index is 10.1. The van der Waals surface area contributed by atoms with Crippen molar-refractivity contribution in [3.05, 3.63) is 0 Å². The molecule has 3 heteroatoms. The van der Waals surface area contributed by atoms with E-state index in [9.17, 15) is 4.79 Å². The number of hydrogen-bond donors (Lipinski definition) is 0. The summed E-state index contributed by atoms with van der Waals surface area (Å²) in [5.74, 6) is 1.09. The van der Waals surface area contributed by atoms with Gasteiger partial charge in [-0.1, -0.05) is 12.8 Å². The predicted molar refractivity (Wildman–Crippen MR) is 59.7 cm³/mol. The summed E-state index contributed by atoms with van der Waals surface area (Å²) in [6.07, 6.45) is 7.77. The van der Waals surface area contributed by atoms with E-state index >= 15 is 0 Å². The number of hydrogen-bond acceptors (Lipinski definition) is 2. The van der Waals surface area contributed by atoms with Crippen molar-refractivity contribution in [2.75, 3.05) is 5.75 Å². The SMILES string of the molecule is O=CCCCSC1CCCCC1Cl. The average molecular weight is 221 g/mol. The summed E-state index contributed by atoms with van der Waals surface area (Å²) in [6, 6.07) is 0. The van der Waals surface area contributed by atoms with Gasteiger partial charge in [0.1, 0.15) is 6.29 Å². The molecule has 1 aliphatic rings. The van der Waals surface area contributed by atoms with Crippen molar-refractivity contribution in [2.45, 2.75) is 49.2 Å². The normalized spacial score (nSPS) is 28.7. The maximum Gasteiger partial charge on any atom is 0.120 e. The Kier molecular flexibility index (Phi) is 5.88. The monoisotopic (exact) mass is 220 g/mol. The van der Waals surface area contributed by atoms with Gasteiger partial charge in [-0.05, 0) is 25.0 Å². The molecule has 0 amide bonds. The largest absolute Gasteiger partial charge is 0.303 e. The highest BCUT2D eigenvalue weighted by Gasteiger charge is 2.22. The molecular formula is C10H17ClOS. The highest BCUT2D eigenvalue weighted by atomic mass is 35.5. The van der Waals surface area contributed by atoms with Crippen LogP contribution in [0.3, 0.4) is 0 Å². The van der Waals surface area contributed by atoms with Gasteiger partial charge in [-0.25, -0.2) is 0 Å². The molecule has 1 nitrogen and oxygen atoms in total. The number of thioether (sulfide) groups is 1. The highest BCUT2D eigenvalue weighted by molar-refractivity contribution is 8.00. The lowest BCUT2D eigenvalue weighted by molar-refractivity contribution is -0.107. The molecule has 0 saturated heterocycles. The molecule has 0 aromatic carbocycles. The fraction of sp³-hybridized carbons (Fsp3) is 0.900. The molecule has 2 atom stereocenters. The second-order valence-electron chi connectivity index (χ2n) is 3.52. The van der Waals surface area contributed by atoms with Crippen molar-refractivity contribution in [1.82, 2.24) is 0 Å². The second kappa shape index (κ2) is 6.72. The zero-order chi connectivity index (χ0) is 9.52. The van der Waals surface area contributed by atoms with Gasteiger partial charge in [0.15, 0.2) is 0 Å². The summed E-state index contributed by atoms with van der Waals surface area (Å²) in [6.45, 7) is 0. The van der Waals surface area contributed by atoms with Gasteiger partial charge in [0.25, 0.3) is 0 Å². The number of rotatable bonds is 5. The summed E-state index contributed by atoms with van der Waals surface area (Å²) in [5, 5.41) is 1.01. The minimum Gasteiger partial charge on any atom is -0.303 e. The first-order valence-corrected chi connectivity index (χ1v) is 6.52. The molecular weight excluding hydrogens is 204 g/mol. The van der Waals surface area contributed by atoms with E-state index in [2.05, 4.69) is 0 Å². The molecule has 0 spiro atoms. The molecule has 1 saturated carbocycles. The van der Waals surface area contributed by atoms with Gasteiger partial charge in [-0.2, -0.15) is 11.8 Å². The Balaban J connectivity index is 2.08. The van der Waals surface area contributed by atoms with E-state index < -0.39 is 0 Å². The fourth-order valence-electron chi connectivity index (χ4n) is 1.64. The molecule has 2 unspecified atom stereocenters. The summed E-state index contributed by atoms with van der Waals surface area (Å²) < 4.78 is 0. The van der Waals surface area contributed by atoms with Crippen molar-refractivity contribution in [2.24, 2.45) is 0 Å². The topological polar surface area (TPSA) is 17.1 Å². The Labute approximate surface area is 89.6 Å². The van der Waals surface area contributed by atoms with Crippen LogP contribution in [0, 0.1) is 0 Å². The van der Waals surface area contributed by atoms with E-state index in [1.165, 1.54) is 25.7 Å². The fourth-order valence-corrected chi connectivity index (χ4v) is 3.45. The van der Waals surface area contributed by atoms with Crippen molar-refractivity contribution in [3.8, 4) is 0 Å². The third-order valence-electron chi connectivity index (χ3n) is 2.42. The van der Waals surface area contributed by atoms with Crippen LogP contribution in [0.15, 0.2) is 0 Å². The van der Waals surface area contributed by atoms with Crippen molar-refractivity contribution >= 4 is 29.6 Å². The number of carbonyl (C=O) groups excluding carboxylic acids is 1. The van der Waals surface area contributed by atoms with Crippen LogP contribution < -0.4 is 0 Å². The van der Waals surface area contributed by atoms with Crippen LogP contribution in [-0.2, 0) is 4.79 Å². The first kappa shape index (κ1) is 11.4. The Morgan fingerprint density at radius 1 is 1.38 bits per heavy atom. The van der Waals surface area contributed by atoms with E-state index in [1.54, 1.807) is 0 Å². The lowest BCUT2D eigenvalue weighted by Gasteiger charge is -2.26. The van der Waals surface area contributed by atoms with Gasteiger partial charge in [-0.3, -0.25) is 0 Å². The molecule has 0 aliphatic heterocycles. The molecule has 0 radical (unpaired) electrons. The molecule has 76 valence electrons. The molecule has 0 heterocycles. The molecule has 13 heavy (non-hydrogen) atoms. The number of alkyl halides is 1. The zero-order valence-electron chi connectivity index (χ0n) is 7.88. The average Bonchev–Trinajstić information content (AvgIpc) is 2.15. The molecule has 0 aromatic rings. The lowest BCUT2D eigenvalue weighted by Crippen LogP contribution is -2.22. The Hall–Kier alpha value is 0.310. The Morgan fingerprint density at radius 2 is 2.15 bits per heavy atom. The molecule has 1 aliphatic carbocycles. The number of carbonyl (C=O) groups is 1. The van der Waals surface area contributed by atoms with Crippen LogP contribution in [0.1, 0.15) is 38.5 Å². The Morgan fingerprint density at radius 3 is 2.85 bits per heavy atom. The van der Waals surface area contributed by atoms with E-state index in [-0.39, 0.29) is 0 Å². The highest BCUT2D eigenvalue weighted by Crippen LogP contribution is 2.32. The van der Waals surface area contributed by atoms with Gasteiger partial charge in [0, 0.05) is 17.0 Å². The van der Waals surface area contributed by atoms with Gasteiger partial charge in [0.05, 0.1) is 0 Å². The summed E-state index contributed by atoms with van der Waals surface area (Å²) in [5.41, 5.74) is 0. The molecule has 1 fully saturated rings. The van der Waals surface area contributed by atoms with Gasteiger partial charge in [0.2, 0.25) is 0 Å². The van der Waals surface area contributed by atoms with E-state index in [1.807, 2.05) is 11.8 Å². The van der Waals surface area contributed by atoms with Crippen LogP contribution in [0.25, 0.3) is 0 Å². The molecule has 0 aromatic heterocycles. The smallest absolute Gasteiger partial charge is 0.120 e. The molecule has 1 rings (SSSR count). The van der Waals surface area contributed by atoms with Crippen molar-refractivity contribution in [3.63, 3.8) is 0 Å². The third-order valence-corrected chi connectivity index (χ3v) is 4.61. The number of unbranched alkanes of at least 4 members (excludes halogenated alkanes) is 1. The predicted octanol–water partition coefficient (Wildman–Crippen LogP) is 3.25. The first-order valence-electron chi connectivity index (χ1n) is 5.04. The number of halogens is 1. The zero-order valence-corrected chi connectivity index (χ0v) is 9.45. The number of aldehydes is 1. The second-order valence-corrected chi connectivity index (χ2v) is 5.43. The minimum atomic E-state index is 0.370. The van der Waals surface area contributed by atoms with Crippen LogP contribution in [0.4, 0.5) is 0 Å². The van der Waals surface area contributed by atoms with Crippen molar-refractivity contribution in [1.29, 1.82) is 0 Å². The van der Waals surface area contributed by atoms with E-state index in [0.717, 1.165) is 18.5 Å². The summed E-state index contributed by atoms with van der Waals surface area (Å²) >= 11 is 8.16. The molecule has 0 N–H and O–H groups in total. The van der Waals surface area contributed by atoms with Gasteiger partial charge < -0.3 is 4.79 Å². The van der Waals surface area contributed by atoms with Crippen LogP contribution in [-0.4, -0.2) is 22.7 Å². The minimum absolute atomic E-state index is 0.370. The third kappa shape index (κ3) is 4.37. The van der Waals surface area contributed by atoms with Crippen LogP contribution in [0.2, 0.25) is 0 Å². The van der Waals surface area contributed by atoms with Crippen molar-refractivity contribution < 1.29 is 4.79 Å². The first-order chi connectivity index (χ1) is 6.34. The van der Waals surface area contributed by atoms with Gasteiger partial charge in [-0.15, -0.1) is 11.6 Å². The molecule has 0 bridgehead atoms.